The molecule has 0 bridgehead atoms. The fourth-order valence-electron chi connectivity index (χ4n) is 2.07. The third-order valence-electron chi connectivity index (χ3n) is 3.10. The molecule has 1 aliphatic heterocycles. The topological polar surface area (TPSA) is 15.3 Å². The smallest absolute Gasteiger partial charge is 0.00161 e. The Hall–Kier alpha value is 0.350. The molecule has 0 radical (unpaired) electrons. The highest BCUT2D eigenvalue weighted by atomic mass is 31.0. The van der Waals surface area contributed by atoms with Gasteiger partial charge in [0.25, 0.3) is 0 Å². The van der Waals surface area contributed by atoms with Crippen LogP contribution in [0.4, 0.5) is 0 Å². The van der Waals surface area contributed by atoms with Crippen molar-refractivity contribution in [2.24, 2.45) is 0 Å². The molecule has 3 heteroatoms. The number of nitrogens with zero attached hydrogens (tertiary/aromatic N) is 1. The van der Waals surface area contributed by atoms with Crippen LogP contribution in [0.2, 0.25) is 0 Å². The van der Waals surface area contributed by atoms with Crippen molar-refractivity contribution < 1.29 is 0 Å². The molecule has 1 unspecified atom stereocenters. The lowest BCUT2D eigenvalue weighted by Crippen LogP contribution is -2.18. The van der Waals surface area contributed by atoms with Gasteiger partial charge >= 0.3 is 0 Å². The molecule has 1 heterocycles. The maximum atomic E-state index is 3.53. The van der Waals surface area contributed by atoms with Crippen LogP contribution in [0.1, 0.15) is 51.4 Å². The van der Waals surface area contributed by atoms with Crippen LogP contribution in [0.3, 0.4) is 0 Å². The van der Waals surface area contributed by atoms with Crippen LogP contribution < -0.4 is 5.32 Å². The number of hydrogen-bond acceptors (Lipinski definition) is 2. The van der Waals surface area contributed by atoms with E-state index < -0.39 is 0 Å². The van der Waals surface area contributed by atoms with Crippen molar-refractivity contribution in [1.82, 2.24) is 9.99 Å². The van der Waals surface area contributed by atoms with Crippen molar-refractivity contribution in [1.29, 1.82) is 0 Å². The van der Waals surface area contributed by atoms with Gasteiger partial charge in [0.2, 0.25) is 0 Å². The van der Waals surface area contributed by atoms with Crippen LogP contribution in [-0.2, 0) is 0 Å². The lowest BCUT2D eigenvalue weighted by molar-refractivity contribution is 0.419. The standard InChI is InChI=1S/C12H27N2P/c15-14-11-7-3-1-5-9-13-10-6-2-4-8-12-14/h13H,1-12,15H2. The van der Waals surface area contributed by atoms with Gasteiger partial charge in [-0.25, -0.2) is 0 Å². The first-order chi connectivity index (χ1) is 7.39. The van der Waals surface area contributed by atoms with Crippen molar-refractivity contribution in [2.45, 2.75) is 51.4 Å². The summed E-state index contributed by atoms with van der Waals surface area (Å²) in [4.78, 5) is 0. The molecule has 0 saturated carbocycles. The van der Waals surface area contributed by atoms with Crippen LogP contribution in [-0.4, -0.2) is 30.8 Å². The van der Waals surface area contributed by atoms with E-state index in [0.717, 1.165) is 0 Å². The average molecular weight is 230 g/mol. The summed E-state index contributed by atoms with van der Waals surface area (Å²) >= 11 is 0. The molecular weight excluding hydrogens is 203 g/mol. The molecule has 1 rings (SSSR count). The largest absolute Gasteiger partial charge is 0.317 e. The van der Waals surface area contributed by atoms with Gasteiger partial charge in [0.1, 0.15) is 0 Å². The Balaban J connectivity index is 2.10. The van der Waals surface area contributed by atoms with E-state index >= 15 is 0 Å². The normalized spacial score (nSPS) is 24.6. The lowest BCUT2D eigenvalue weighted by Gasteiger charge is -2.16. The number of rotatable bonds is 0. The third-order valence-corrected chi connectivity index (χ3v) is 3.61. The molecule has 0 amide bonds. The Morgan fingerprint density at radius 2 is 1.13 bits per heavy atom. The van der Waals surface area contributed by atoms with Gasteiger partial charge in [0, 0.05) is 13.1 Å². The summed E-state index contributed by atoms with van der Waals surface area (Å²) < 4.78 is 2.42. The van der Waals surface area contributed by atoms with Crippen LogP contribution in [0, 0.1) is 0 Å². The summed E-state index contributed by atoms with van der Waals surface area (Å²) in [5, 5.41) is 3.53. The fourth-order valence-corrected chi connectivity index (χ4v) is 2.44. The zero-order valence-electron chi connectivity index (χ0n) is 10.0. The van der Waals surface area contributed by atoms with Gasteiger partial charge in [-0.1, -0.05) is 35.1 Å². The van der Waals surface area contributed by atoms with Gasteiger partial charge in [-0.2, -0.15) is 0 Å². The van der Waals surface area contributed by atoms with Crippen LogP contribution >= 0.6 is 9.39 Å². The van der Waals surface area contributed by atoms with Crippen LogP contribution in [0.25, 0.3) is 0 Å². The highest BCUT2D eigenvalue weighted by Gasteiger charge is 1.99. The molecule has 1 N–H and O–H groups in total. The van der Waals surface area contributed by atoms with Gasteiger partial charge in [-0.05, 0) is 38.8 Å². The molecule has 0 aromatic heterocycles. The minimum absolute atomic E-state index is 1.23. The minimum Gasteiger partial charge on any atom is -0.317 e. The molecule has 1 aliphatic rings. The molecule has 0 aliphatic carbocycles. The molecule has 0 aromatic carbocycles. The molecule has 90 valence electrons. The first-order valence-corrected chi connectivity index (χ1v) is 7.11. The Bertz CT molecular complexity index is 128. The highest BCUT2D eigenvalue weighted by molar-refractivity contribution is 7.13. The first-order valence-electron chi connectivity index (χ1n) is 6.60. The van der Waals surface area contributed by atoms with Crippen LogP contribution in [0.5, 0.6) is 0 Å². The predicted octanol–water partition coefficient (Wildman–Crippen LogP) is 2.80. The van der Waals surface area contributed by atoms with E-state index in [4.69, 9.17) is 0 Å². The van der Waals surface area contributed by atoms with Gasteiger partial charge in [-0.3, -0.25) is 4.67 Å². The fraction of sp³-hybridized carbons (Fsp3) is 1.00. The van der Waals surface area contributed by atoms with Gasteiger partial charge < -0.3 is 5.32 Å². The zero-order chi connectivity index (χ0) is 10.8. The SMILES string of the molecule is PN1CCCCCCNCCCCCC1. The molecule has 15 heavy (non-hydrogen) atoms. The van der Waals surface area contributed by atoms with Crippen molar-refractivity contribution in [3.05, 3.63) is 0 Å². The number of hydrogen-bond donors (Lipinski definition) is 1. The minimum atomic E-state index is 1.23. The average Bonchev–Trinajstić information content (AvgIpc) is 2.24. The van der Waals surface area contributed by atoms with E-state index in [0.29, 0.717) is 0 Å². The molecule has 1 saturated heterocycles. The summed E-state index contributed by atoms with van der Waals surface area (Å²) in [5.74, 6) is 0. The zero-order valence-corrected chi connectivity index (χ0v) is 11.2. The van der Waals surface area contributed by atoms with E-state index in [9.17, 15) is 0 Å². The van der Waals surface area contributed by atoms with Gasteiger partial charge in [-0.15, -0.1) is 0 Å². The summed E-state index contributed by atoms with van der Waals surface area (Å²) in [6.07, 6.45) is 11.0. The second-order valence-corrected chi connectivity index (χ2v) is 5.34. The highest BCUT2D eigenvalue weighted by Crippen LogP contribution is 2.09. The second-order valence-electron chi connectivity index (χ2n) is 4.61. The van der Waals surface area contributed by atoms with Crippen LogP contribution in [0.15, 0.2) is 0 Å². The van der Waals surface area contributed by atoms with Gasteiger partial charge in [0.05, 0.1) is 0 Å². The quantitative estimate of drug-likeness (QED) is 0.644. The first kappa shape index (κ1) is 13.4. The molecular formula is C12H27N2P. The van der Waals surface area contributed by atoms with E-state index in [-0.39, 0.29) is 0 Å². The summed E-state index contributed by atoms with van der Waals surface area (Å²) in [7, 11) is 2.88. The Labute approximate surface area is 97.4 Å². The van der Waals surface area contributed by atoms with E-state index in [2.05, 4.69) is 19.4 Å². The van der Waals surface area contributed by atoms with Crippen molar-refractivity contribution in [3.63, 3.8) is 0 Å². The second kappa shape index (κ2) is 9.57. The Morgan fingerprint density at radius 3 is 1.67 bits per heavy atom. The van der Waals surface area contributed by atoms with Gasteiger partial charge in [0.15, 0.2) is 0 Å². The van der Waals surface area contributed by atoms with Crippen molar-refractivity contribution >= 4 is 9.39 Å². The molecule has 1 fully saturated rings. The summed E-state index contributed by atoms with van der Waals surface area (Å²) in [6, 6.07) is 0. The maximum Gasteiger partial charge on any atom is 0.00161 e. The molecule has 1 atom stereocenters. The van der Waals surface area contributed by atoms with E-state index in [1.165, 1.54) is 77.5 Å². The molecule has 0 aromatic rings. The summed E-state index contributed by atoms with van der Waals surface area (Å²) in [6.45, 7) is 4.98. The van der Waals surface area contributed by atoms with Crippen molar-refractivity contribution in [3.8, 4) is 0 Å². The summed E-state index contributed by atoms with van der Waals surface area (Å²) in [5.41, 5.74) is 0. The predicted molar refractivity (Wildman–Crippen MR) is 71.1 cm³/mol. The monoisotopic (exact) mass is 230 g/mol. The Morgan fingerprint density at radius 1 is 0.667 bits per heavy atom. The number of nitrogens with one attached hydrogen (secondary N) is 1. The lowest BCUT2D eigenvalue weighted by atomic mass is 10.1. The third kappa shape index (κ3) is 8.19. The van der Waals surface area contributed by atoms with E-state index in [1.54, 1.807) is 0 Å². The molecule has 0 spiro atoms. The maximum absolute atomic E-state index is 3.53. The van der Waals surface area contributed by atoms with Crippen molar-refractivity contribution in [2.75, 3.05) is 26.2 Å². The molecule has 2 nitrogen and oxygen atoms in total. The Kier molecular flexibility index (Phi) is 8.56. The van der Waals surface area contributed by atoms with E-state index in [1.807, 2.05) is 0 Å².